The van der Waals surface area contributed by atoms with Crippen molar-refractivity contribution in [3.63, 3.8) is 0 Å². The molecule has 0 atom stereocenters. The first-order valence-electron chi connectivity index (χ1n) is 18.6. The van der Waals surface area contributed by atoms with Crippen molar-refractivity contribution in [1.82, 2.24) is 9.97 Å². The van der Waals surface area contributed by atoms with E-state index in [1.165, 1.54) is 21.9 Å². The van der Waals surface area contributed by atoms with Gasteiger partial charge in [-0.2, -0.15) is 0 Å². The first-order valence-corrected chi connectivity index (χ1v) is 18.6. The number of phenols is 1. The van der Waals surface area contributed by atoms with Crippen LogP contribution in [0.25, 0.3) is 77.6 Å². The molecule has 8 aromatic rings. The first-order chi connectivity index (χ1) is 25.4. The smallest absolute Gasteiger partial charge is 0.230 e. The normalized spacial score (nSPS) is 12.0. The first kappa shape index (κ1) is 37.3. The van der Waals surface area contributed by atoms with Crippen LogP contribution in [0.5, 0.6) is 5.75 Å². The molecule has 5 heteroatoms. The summed E-state index contributed by atoms with van der Waals surface area (Å²) in [5, 5.41) is 14.6. The molecule has 2 heterocycles. The molecule has 0 unspecified atom stereocenters. The van der Waals surface area contributed by atoms with Gasteiger partial charge in [0.05, 0.1) is 11.1 Å². The maximum Gasteiger partial charge on any atom is 0.230 e. The van der Waals surface area contributed by atoms with Gasteiger partial charge in [-0.1, -0.05) is 139 Å². The zero-order chi connectivity index (χ0) is 37.2. The fourth-order valence-electron chi connectivity index (χ4n) is 7.50. The quantitative estimate of drug-likeness (QED) is 0.169. The average molecular weight is 889 g/mol. The third-order valence-corrected chi connectivity index (χ3v) is 10.5. The van der Waals surface area contributed by atoms with Crippen molar-refractivity contribution < 1.29 is 30.6 Å². The van der Waals surface area contributed by atoms with Crippen LogP contribution < -0.4 is 0 Å². The zero-order valence-corrected chi connectivity index (χ0v) is 34.4. The van der Waals surface area contributed by atoms with Crippen molar-refractivity contribution in [2.75, 3.05) is 0 Å². The summed E-state index contributed by atoms with van der Waals surface area (Å²) in [6.45, 7) is 17.6. The molecule has 54 heavy (non-hydrogen) atoms. The predicted molar refractivity (Wildman–Crippen MR) is 221 cm³/mol. The van der Waals surface area contributed by atoms with Gasteiger partial charge < -0.3 is 9.52 Å². The van der Waals surface area contributed by atoms with Crippen molar-refractivity contribution in [3.8, 4) is 50.6 Å². The van der Waals surface area contributed by atoms with Crippen molar-refractivity contribution in [3.05, 3.63) is 138 Å². The summed E-state index contributed by atoms with van der Waals surface area (Å²) < 4.78 is 6.62. The Hall–Kier alpha value is -5.05. The number of phenolic OH excluding ortho intramolecular Hbond substituents is 1. The Morgan fingerprint density at radius 2 is 1.41 bits per heavy atom. The van der Waals surface area contributed by atoms with Gasteiger partial charge in [0, 0.05) is 32.8 Å². The van der Waals surface area contributed by atoms with Crippen LogP contribution in [0, 0.1) is 13.0 Å². The SMILES string of the molecule is Cc1cc(-c2cc(-c3cccc4ccccc34)cc3oc(-c4cc(C(C)(C)C)ccc4O)nc23)[c-]c(-c2cc(C(C)C)cc3c(C(C)C)ccnc23)c1.[Pt]. The van der Waals surface area contributed by atoms with E-state index in [0.717, 1.165) is 60.9 Å². The number of fused-ring (bicyclic) bond motifs is 3. The Labute approximate surface area is 332 Å². The second kappa shape index (κ2) is 14.3. The van der Waals surface area contributed by atoms with E-state index in [1.54, 1.807) is 6.07 Å². The number of nitrogens with zero attached hydrogens (tertiary/aromatic N) is 2. The second-order valence-corrected chi connectivity index (χ2v) is 16.1. The van der Waals surface area contributed by atoms with Gasteiger partial charge in [-0.3, -0.25) is 4.98 Å². The number of benzene rings is 6. The molecule has 0 saturated carbocycles. The van der Waals surface area contributed by atoms with Gasteiger partial charge in [0.1, 0.15) is 11.3 Å². The van der Waals surface area contributed by atoms with Crippen LogP contribution in [0.3, 0.4) is 0 Å². The molecule has 4 nitrogen and oxygen atoms in total. The summed E-state index contributed by atoms with van der Waals surface area (Å²) >= 11 is 0. The van der Waals surface area contributed by atoms with Gasteiger partial charge in [-0.15, -0.1) is 34.9 Å². The maximum absolute atomic E-state index is 11.1. The largest absolute Gasteiger partial charge is 0.507 e. The second-order valence-electron chi connectivity index (χ2n) is 16.1. The molecular formula is C49H45N2O2Pt-. The topological polar surface area (TPSA) is 59.2 Å². The fraction of sp³-hybridized carbons (Fsp3) is 0.224. The fourth-order valence-corrected chi connectivity index (χ4v) is 7.50. The molecule has 0 saturated heterocycles. The van der Waals surface area contributed by atoms with Crippen molar-refractivity contribution in [1.29, 1.82) is 0 Å². The number of rotatable bonds is 6. The number of aryl methyl sites for hydroxylation is 1. The Balaban J connectivity index is 0.00000450. The molecule has 0 aliphatic rings. The molecule has 274 valence electrons. The number of hydrogen-bond acceptors (Lipinski definition) is 4. The summed E-state index contributed by atoms with van der Waals surface area (Å²) in [5.41, 5.74) is 13.6. The summed E-state index contributed by atoms with van der Waals surface area (Å²) in [4.78, 5) is 10.1. The van der Waals surface area contributed by atoms with Crippen LogP contribution in [-0.2, 0) is 26.5 Å². The monoisotopic (exact) mass is 888 g/mol. The molecule has 8 rings (SSSR count). The summed E-state index contributed by atoms with van der Waals surface area (Å²) in [7, 11) is 0. The molecule has 2 aromatic heterocycles. The molecule has 0 aliphatic carbocycles. The number of oxazole rings is 1. The number of pyridine rings is 1. The number of aromatic hydroxyl groups is 1. The van der Waals surface area contributed by atoms with E-state index >= 15 is 0 Å². The molecular weight excluding hydrogens is 844 g/mol. The van der Waals surface area contributed by atoms with Gasteiger partial charge in [0.25, 0.3) is 0 Å². The van der Waals surface area contributed by atoms with Crippen molar-refractivity contribution in [2.24, 2.45) is 0 Å². The average Bonchev–Trinajstić information content (AvgIpc) is 3.57. The minimum atomic E-state index is -0.115. The molecule has 0 amide bonds. The minimum Gasteiger partial charge on any atom is -0.507 e. The van der Waals surface area contributed by atoms with Crippen LogP contribution in [0.4, 0.5) is 0 Å². The molecule has 0 radical (unpaired) electrons. The molecule has 0 bridgehead atoms. The van der Waals surface area contributed by atoms with E-state index in [1.807, 2.05) is 18.3 Å². The van der Waals surface area contributed by atoms with Crippen LogP contribution >= 0.6 is 0 Å². The van der Waals surface area contributed by atoms with Crippen LogP contribution in [0.2, 0.25) is 0 Å². The van der Waals surface area contributed by atoms with Crippen LogP contribution in [0.15, 0.2) is 114 Å². The molecule has 0 spiro atoms. The van der Waals surface area contributed by atoms with Gasteiger partial charge in [-0.25, -0.2) is 4.98 Å². The van der Waals surface area contributed by atoms with Crippen LogP contribution in [-0.4, -0.2) is 15.1 Å². The van der Waals surface area contributed by atoms with E-state index < -0.39 is 0 Å². The van der Waals surface area contributed by atoms with Gasteiger partial charge in [0.2, 0.25) is 5.89 Å². The van der Waals surface area contributed by atoms with Crippen molar-refractivity contribution >= 4 is 32.8 Å². The minimum absolute atomic E-state index is 0. The number of aromatic nitrogens is 2. The van der Waals surface area contributed by atoms with E-state index in [0.29, 0.717) is 28.9 Å². The van der Waals surface area contributed by atoms with E-state index in [9.17, 15) is 5.11 Å². The Morgan fingerprint density at radius 1 is 0.685 bits per heavy atom. The molecule has 0 fully saturated rings. The zero-order valence-electron chi connectivity index (χ0n) is 32.1. The summed E-state index contributed by atoms with van der Waals surface area (Å²) in [6.07, 6.45) is 1.94. The molecule has 0 aliphatic heterocycles. The Morgan fingerprint density at radius 3 is 2.13 bits per heavy atom. The molecule has 1 N–H and O–H groups in total. The maximum atomic E-state index is 11.1. The van der Waals surface area contributed by atoms with E-state index in [-0.39, 0.29) is 32.2 Å². The van der Waals surface area contributed by atoms with Gasteiger partial charge in [0.15, 0.2) is 0 Å². The van der Waals surface area contributed by atoms with E-state index in [2.05, 4.69) is 146 Å². The van der Waals surface area contributed by atoms with Crippen LogP contribution in [0.1, 0.15) is 82.6 Å². The van der Waals surface area contributed by atoms with Crippen molar-refractivity contribution in [2.45, 2.75) is 72.6 Å². The Kier molecular flexibility index (Phi) is 9.87. The van der Waals surface area contributed by atoms with Gasteiger partial charge >= 0.3 is 0 Å². The number of hydrogen-bond donors (Lipinski definition) is 1. The standard InChI is InChI=1S/C49H45N2O2.Pt/c1-28(2)32-23-40(46-42(24-32)37(29(3)4)18-19-50-46)33-20-30(5)21-34(22-33)41-25-35(39-15-11-13-31-12-9-10-14-38(31)39)26-45-47(41)51-48(53-45)43-27-36(49(6,7)8)16-17-44(43)52;/h9-21,23-29,52H,1-8H3;/q-1;. The molecule has 6 aromatic carbocycles. The third kappa shape index (κ3) is 6.78. The summed E-state index contributed by atoms with van der Waals surface area (Å²) in [5.74, 6) is 1.23. The Bertz CT molecular complexity index is 2690. The third-order valence-electron chi connectivity index (χ3n) is 10.5. The summed E-state index contributed by atoms with van der Waals surface area (Å²) in [6, 6.07) is 39.9. The van der Waals surface area contributed by atoms with Gasteiger partial charge in [-0.05, 0) is 79.9 Å². The predicted octanol–water partition coefficient (Wildman–Crippen LogP) is 13.6. The van der Waals surface area contributed by atoms with E-state index in [4.69, 9.17) is 14.4 Å².